The monoisotopic (exact) mass is 396 g/mol. The Labute approximate surface area is 179 Å². The van der Waals surface area contributed by atoms with Crippen LogP contribution in [0.3, 0.4) is 0 Å². The Morgan fingerprint density at radius 1 is 1.00 bits per heavy atom. The van der Waals surface area contributed by atoms with Crippen molar-refractivity contribution in [1.82, 2.24) is 0 Å². The van der Waals surface area contributed by atoms with E-state index in [0.717, 1.165) is 23.7 Å². The molecule has 4 aliphatic carbocycles. The molecule has 162 valence electrons. The first-order chi connectivity index (χ1) is 13.7. The Kier molecular flexibility index (Phi) is 5.67. The van der Waals surface area contributed by atoms with Gasteiger partial charge in [0, 0.05) is 5.92 Å². The molecule has 0 aromatic heterocycles. The van der Waals surface area contributed by atoms with Gasteiger partial charge in [-0.1, -0.05) is 66.5 Å². The second-order valence-electron chi connectivity index (χ2n) is 12.1. The van der Waals surface area contributed by atoms with Crippen LogP contribution in [0, 0.1) is 52.3 Å². The summed E-state index contributed by atoms with van der Waals surface area (Å²) in [6.07, 6.45) is 17.0. The summed E-state index contributed by atoms with van der Waals surface area (Å²) >= 11 is 0. The summed E-state index contributed by atoms with van der Waals surface area (Å²) in [4.78, 5) is 13.4. The molecule has 0 N–H and O–H groups in total. The molecule has 4 aliphatic rings. The predicted molar refractivity (Wildman–Crippen MR) is 123 cm³/mol. The van der Waals surface area contributed by atoms with E-state index in [2.05, 4.69) is 59.8 Å². The van der Waals surface area contributed by atoms with Gasteiger partial charge in [0.1, 0.15) is 0 Å². The maximum atomic E-state index is 13.4. The highest BCUT2D eigenvalue weighted by Gasteiger charge is 2.60. The van der Waals surface area contributed by atoms with Gasteiger partial charge in [-0.3, -0.25) is 4.79 Å². The third-order valence-corrected chi connectivity index (χ3v) is 10.5. The van der Waals surface area contributed by atoms with E-state index in [1.165, 1.54) is 56.9 Å². The zero-order valence-corrected chi connectivity index (χ0v) is 19.8. The molecule has 8 atom stereocenters. The van der Waals surface area contributed by atoms with Crippen LogP contribution in [0.2, 0.25) is 0 Å². The molecule has 0 unspecified atom stereocenters. The largest absolute Gasteiger partial charge is 0.295 e. The minimum Gasteiger partial charge on any atom is -0.295 e. The highest BCUT2D eigenvalue weighted by atomic mass is 16.1. The molecule has 2 fully saturated rings. The fourth-order valence-electron chi connectivity index (χ4n) is 8.08. The summed E-state index contributed by atoms with van der Waals surface area (Å²) in [5.74, 6) is 5.16. The van der Waals surface area contributed by atoms with Crippen LogP contribution in [0.15, 0.2) is 23.8 Å². The molecule has 0 aromatic carbocycles. The van der Waals surface area contributed by atoms with Crippen molar-refractivity contribution in [2.24, 2.45) is 52.3 Å². The van der Waals surface area contributed by atoms with Gasteiger partial charge >= 0.3 is 0 Å². The van der Waals surface area contributed by atoms with E-state index in [1.54, 1.807) is 0 Å². The first-order valence-electron chi connectivity index (χ1n) is 12.6. The van der Waals surface area contributed by atoms with Gasteiger partial charge in [0.05, 0.1) is 0 Å². The fourth-order valence-corrected chi connectivity index (χ4v) is 8.08. The average Bonchev–Trinajstić information content (AvgIpc) is 3.03. The summed E-state index contributed by atoms with van der Waals surface area (Å²) in [5, 5.41) is 0. The topological polar surface area (TPSA) is 17.1 Å². The molecule has 0 aliphatic heterocycles. The van der Waals surface area contributed by atoms with Gasteiger partial charge in [0.2, 0.25) is 0 Å². The Morgan fingerprint density at radius 3 is 2.48 bits per heavy atom. The number of rotatable bonds is 5. The van der Waals surface area contributed by atoms with Crippen molar-refractivity contribution in [3.05, 3.63) is 23.8 Å². The first kappa shape index (κ1) is 21.4. The molecular weight excluding hydrogens is 352 g/mol. The second-order valence-corrected chi connectivity index (χ2v) is 12.1. The lowest BCUT2D eigenvalue weighted by Crippen LogP contribution is -2.52. The lowest BCUT2D eigenvalue weighted by atomic mass is 9.47. The van der Waals surface area contributed by atoms with Gasteiger partial charge in [-0.15, -0.1) is 0 Å². The molecule has 1 nitrogen and oxygen atoms in total. The maximum Gasteiger partial charge on any atom is 0.159 e. The maximum absolute atomic E-state index is 13.4. The van der Waals surface area contributed by atoms with Gasteiger partial charge < -0.3 is 0 Å². The standard InChI is InChI=1S/C28H44O/c1-18(2)19(3)10-11-20(4)22-12-13-23-26-24(14-16-28(22,23)6)27(5)15-8-7-9-21(27)17-25(26)29/h7,9,17-20,22-24,26H,8,10-16H2,1-6H3/t19-,20+,22+,23-,24-,26-,27-,28+/m0/s1. The molecule has 0 heterocycles. The molecule has 0 radical (unpaired) electrons. The number of carbonyl (C=O) groups is 1. The van der Waals surface area contributed by atoms with Crippen molar-refractivity contribution in [2.45, 2.75) is 92.9 Å². The molecule has 0 saturated heterocycles. The van der Waals surface area contributed by atoms with Crippen molar-refractivity contribution in [3.8, 4) is 0 Å². The molecule has 1 heteroatoms. The van der Waals surface area contributed by atoms with Crippen molar-refractivity contribution < 1.29 is 4.79 Å². The van der Waals surface area contributed by atoms with Crippen molar-refractivity contribution in [2.75, 3.05) is 0 Å². The second kappa shape index (κ2) is 7.69. The molecular formula is C28H44O. The van der Waals surface area contributed by atoms with E-state index in [-0.39, 0.29) is 5.41 Å². The number of hydrogen-bond acceptors (Lipinski definition) is 1. The number of carbonyl (C=O) groups excluding carboxylic acids is 1. The van der Waals surface area contributed by atoms with E-state index < -0.39 is 0 Å². The Bertz CT molecular complexity index is 699. The number of allylic oxidation sites excluding steroid dienone is 4. The average molecular weight is 397 g/mol. The number of ketones is 1. The number of fused-ring (bicyclic) bond motifs is 5. The first-order valence-corrected chi connectivity index (χ1v) is 12.6. The van der Waals surface area contributed by atoms with E-state index >= 15 is 0 Å². The molecule has 2 saturated carbocycles. The molecule has 0 spiro atoms. The minimum atomic E-state index is 0.241. The van der Waals surface area contributed by atoms with Gasteiger partial charge in [-0.05, 0) is 96.5 Å². The molecule has 0 amide bonds. The highest BCUT2D eigenvalue weighted by Crippen LogP contribution is 2.66. The van der Waals surface area contributed by atoms with Crippen LogP contribution < -0.4 is 0 Å². The van der Waals surface area contributed by atoms with Crippen molar-refractivity contribution in [1.29, 1.82) is 0 Å². The number of hydrogen-bond donors (Lipinski definition) is 0. The fraction of sp³-hybridized carbons (Fsp3) is 0.821. The van der Waals surface area contributed by atoms with Crippen LogP contribution in [0.25, 0.3) is 0 Å². The van der Waals surface area contributed by atoms with Gasteiger partial charge in [-0.25, -0.2) is 0 Å². The molecule has 29 heavy (non-hydrogen) atoms. The highest BCUT2D eigenvalue weighted by molar-refractivity contribution is 5.95. The van der Waals surface area contributed by atoms with E-state index in [0.29, 0.717) is 29.0 Å². The van der Waals surface area contributed by atoms with Crippen LogP contribution in [-0.4, -0.2) is 5.78 Å². The molecule has 0 bridgehead atoms. The molecule has 0 aromatic rings. The summed E-state index contributed by atoms with van der Waals surface area (Å²) in [7, 11) is 0. The predicted octanol–water partition coefficient (Wildman–Crippen LogP) is 7.62. The van der Waals surface area contributed by atoms with E-state index in [1.807, 2.05) is 0 Å². The molecule has 4 rings (SSSR count). The zero-order valence-electron chi connectivity index (χ0n) is 19.8. The normalized spacial score (nSPS) is 43.4. The zero-order chi connectivity index (χ0) is 21.0. The summed E-state index contributed by atoms with van der Waals surface area (Å²) < 4.78 is 0. The smallest absolute Gasteiger partial charge is 0.159 e. The van der Waals surface area contributed by atoms with Crippen LogP contribution in [0.1, 0.15) is 92.9 Å². The van der Waals surface area contributed by atoms with Crippen LogP contribution in [0.5, 0.6) is 0 Å². The summed E-state index contributed by atoms with van der Waals surface area (Å²) in [5.41, 5.74) is 1.96. The van der Waals surface area contributed by atoms with Gasteiger partial charge in [-0.2, -0.15) is 0 Å². The van der Waals surface area contributed by atoms with Crippen LogP contribution in [-0.2, 0) is 4.79 Å². The third-order valence-electron chi connectivity index (χ3n) is 10.5. The van der Waals surface area contributed by atoms with Gasteiger partial charge in [0.25, 0.3) is 0 Å². The van der Waals surface area contributed by atoms with Crippen molar-refractivity contribution in [3.63, 3.8) is 0 Å². The van der Waals surface area contributed by atoms with Gasteiger partial charge in [0.15, 0.2) is 5.78 Å². The lowest BCUT2D eigenvalue weighted by molar-refractivity contribution is -0.133. The van der Waals surface area contributed by atoms with E-state index in [4.69, 9.17) is 0 Å². The minimum absolute atomic E-state index is 0.241. The summed E-state index contributed by atoms with van der Waals surface area (Å²) in [6, 6.07) is 0. The van der Waals surface area contributed by atoms with Crippen LogP contribution in [0.4, 0.5) is 0 Å². The quantitative estimate of drug-likeness (QED) is 0.467. The Balaban J connectivity index is 1.54. The summed E-state index contributed by atoms with van der Waals surface area (Å²) in [6.45, 7) is 14.7. The van der Waals surface area contributed by atoms with Crippen molar-refractivity contribution >= 4 is 5.78 Å². The third kappa shape index (κ3) is 3.39. The van der Waals surface area contributed by atoms with Crippen LogP contribution >= 0.6 is 0 Å². The van der Waals surface area contributed by atoms with E-state index in [9.17, 15) is 4.79 Å². The Morgan fingerprint density at radius 2 is 1.76 bits per heavy atom. The Hall–Kier alpha value is -0.850. The lowest BCUT2D eigenvalue weighted by Gasteiger charge is -2.56. The SMILES string of the molecule is CC(C)[C@@H](C)CC[C@@H](C)[C@H]1CC[C@H]2[C@@H]3C(=O)C=C4C=CCC[C@]4(C)[C@H]3CC[C@]12C.